The first-order chi connectivity index (χ1) is 17.8. The summed E-state index contributed by atoms with van der Waals surface area (Å²) in [6, 6.07) is 9.66. The molecule has 0 aliphatic heterocycles. The number of benzene rings is 1. The van der Waals surface area contributed by atoms with Gasteiger partial charge in [0.05, 0.1) is 12.3 Å². The molecule has 0 fully saturated rings. The SMILES string of the molecule is CC(C)C[C@H](NC(=O)[C@@H](NC(=O)[C@H](Cc1ccccc1)NC(=O)OC(C)(C)C)C(C)C)C(=O)c1ccco1. The zero-order valence-electron chi connectivity index (χ0n) is 23.4. The highest BCUT2D eigenvalue weighted by Crippen LogP contribution is 2.14. The van der Waals surface area contributed by atoms with Gasteiger partial charge in [0.2, 0.25) is 17.6 Å². The molecule has 2 aromatic rings. The first kappa shape index (κ1) is 30.6. The number of ketones is 1. The van der Waals surface area contributed by atoms with Gasteiger partial charge in [-0.1, -0.05) is 58.0 Å². The van der Waals surface area contributed by atoms with E-state index in [0.29, 0.717) is 6.42 Å². The molecule has 1 heterocycles. The largest absolute Gasteiger partial charge is 0.461 e. The van der Waals surface area contributed by atoms with E-state index in [1.807, 2.05) is 44.2 Å². The number of carbonyl (C=O) groups is 4. The van der Waals surface area contributed by atoms with Crippen LogP contribution in [0, 0.1) is 11.8 Å². The van der Waals surface area contributed by atoms with Crippen LogP contribution in [0.5, 0.6) is 0 Å². The van der Waals surface area contributed by atoms with Crippen LogP contribution in [0.3, 0.4) is 0 Å². The fraction of sp³-hybridized carbons (Fsp3) is 0.517. The summed E-state index contributed by atoms with van der Waals surface area (Å²) in [5.74, 6) is -1.37. The number of carbonyl (C=O) groups excluding carboxylic acids is 4. The van der Waals surface area contributed by atoms with Gasteiger partial charge in [-0.2, -0.15) is 0 Å². The van der Waals surface area contributed by atoms with E-state index in [2.05, 4.69) is 16.0 Å². The van der Waals surface area contributed by atoms with E-state index in [1.165, 1.54) is 6.26 Å². The Hall–Kier alpha value is -3.62. The molecule has 0 saturated carbocycles. The quantitative estimate of drug-likeness (QED) is 0.354. The number of alkyl carbamates (subject to hydrolysis) is 1. The normalized spacial score (nSPS) is 13.9. The lowest BCUT2D eigenvalue weighted by molar-refractivity contribution is -0.131. The first-order valence-corrected chi connectivity index (χ1v) is 13.0. The van der Waals surface area contributed by atoms with Gasteiger partial charge in [-0.25, -0.2) is 4.79 Å². The van der Waals surface area contributed by atoms with E-state index in [9.17, 15) is 19.2 Å². The Morgan fingerprint density at radius 3 is 2.03 bits per heavy atom. The van der Waals surface area contributed by atoms with Crippen molar-refractivity contribution in [2.24, 2.45) is 11.8 Å². The average Bonchev–Trinajstić information content (AvgIpc) is 3.35. The lowest BCUT2D eigenvalue weighted by atomic mass is 9.96. The molecule has 0 aliphatic rings. The molecular formula is C29H41N3O6. The van der Waals surface area contributed by atoms with Crippen LogP contribution in [0.25, 0.3) is 0 Å². The number of hydrogen-bond donors (Lipinski definition) is 3. The van der Waals surface area contributed by atoms with Crippen molar-refractivity contribution in [2.75, 3.05) is 0 Å². The van der Waals surface area contributed by atoms with Gasteiger partial charge in [-0.05, 0) is 56.7 Å². The van der Waals surface area contributed by atoms with Crippen molar-refractivity contribution in [1.29, 1.82) is 0 Å². The number of furan rings is 1. The Morgan fingerprint density at radius 2 is 1.50 bits per heavy atom. The van der Waals surface area contributed by atoms with E-state index < -0.39 is 41.6 Å². The minimum atomic E-state index is -0.988. The molecule has 0 bridgehead atoms. The van der Waals surface area contributed by atoms with Crippen molar-refractivity contribution in [3.8, 4) is 0 Å². The Labute approximate surface area is 225 Å². The van der Waals surface area contributed by atoms with Crippen molar-refractivity contribution in [3.63, 3.8) is 0 Å². The molecule has 0 unspecified atom stereocenters. The molecule has 0 saturated heterocycles. The molecule has 9 nitrogen and oxygen atoms in total. The molecule has 3 N–H and O–H groups in total. The van der Waals surface area contributed by atoms with Crippen molar-refractivity contribution in [2.45, 2.75) is 85.0 Å². The Kier molecular flexibility index (Phi) is 11.1. The minimum Gasteiger partial charge on any atom is -0.461 e. The predicted molar refractivity (Wildman–Crippen MR) is 144 cm³/mol. The Bertz CT molecular complexity index is 1060. The number of Topliss-reactive ketones (excluding diaryl/α,β-unsaturated/α-hetero) is 1. The summed E-state index contributed by atoms with van der Waals surface area (Å²) < 4.78 is 10.6. The second-order valence-electron chi connectivity index (χ2n) is 11.2. The van der Waals surface area contributed by atoms with E-state index in [-0.39, 0.29) is 29.8 Å². The van der Waals surface area contributed by atoms with E-state index in [0.717, 1.165) is 5.56 Å². The van der Waals surface area contributed by atoms with Gasteiger partial charge in [-0.15, -0.1) is 0 Å². The molecule has 0 aliphatic carbocycles. The van der Waals surface area contributed by atoms with Crippen LogP contribution in [0.4, 0.5) is 4.79 Å². The number of amides is 3. The smallest absolute Gasteiger partial charge is 0.408 e. The topological polar surface area (TPSA) is 127 Å². The molecule has 1 aromatic heterocycles. The summed E-state index contributed by atoms with van der Waals surface area (Å²) in [5, 5.41) is 8.23. The zero-order valence-corrected chi connectivity index (χ0v) is 23.4. The van der Waals surface area contributed by atoms with E-state index in [1.54, 1.807) is 46.8 Å². The molecule has 38 heavy (non-hydrogen) atoms. The molecule has 9 heteroatoms. The van der Waals surface area contributed by atoms with Crippen molar-refractivity contribution in [3.05, 3.63) is 60.1 Å². The number of nitrogens with one attached hydrogen (secondary N) is 3. The van der Waals surface area contributed by atoms with Gasteiger partial charge in [-0.3, -0.25) is 14.4 Å². The van der Waals surface area contributed by atoms with Crippen LogP contribution in [-0.2, 0) is 20.7 Å². The number of rotatable bonds is 12. The summed E-state index contributed by atoms with van der Waals surface area (Å²) >= 11 is 0. The Morgan fingerprint density at radius 1 is 0.842 bits per heavy atom. The van der Waals surface area contributed by atoms with Crippen molar-refractivity contribution < 1.29 is 28.3 Å². The maximum absolute atomic E-state index is 13.4. The summed E-state index contributed by atoms with van der Waals surface area (Å²) in [5.41, 5.74) is 0.0831. The molecule has 1 aromatic carbocycles. The predicted octanol–water partition coefficient (Wildman–Crippen LogP) is 4.27. The maximum Gasteiger partial charge on any atom is 0.408 e. The standard InChI is InChI=1S/C29H41N3O6/c1-18(2)16-21(25(33)23-14-11-15-37-23)30-27(35)24(19(3)4)32-26(34)22(17-20-12-9-8-10-13-20)31-28(36)38-29(5,6)7/h8-15,18-19,21-22,24H,16-17H2,1-7H3,(H,30,35)(H,31,36)(H,32,34)/t21-,22-,24-/m0/s1. The van der Waals surface area contributed by atoms with Gasteiger partial charge in [0.15, 0.2) is 5.76 Å². The third kappa shape index (κ3) is 10.0. The highest BCUT2D eigenvalue weighted by atomic mass is 16.6. The van der Waals surface area contributed by atoms with Crippen LogP contribution < -0.4 is 16.0 Å². The maximum atomic E-state index is 13.4. The molecule has 3 amide bonds. The second kappa shape index (κ2) is 13.8. The third-order valence-corrected chi connectivity index (χ3v) is 5.64. The molecule has 208 valence electrons. The summed E-state index contributed by atoms with van der Waals surface area (Å²) in [6.07, 6.45) is 1.27. The highest BCUT2D eigenvalue weighted by molar-refractivity contribution is 6.01. The van der Waals surface area contributed by atoms with Crippen LogP contribution >= 0.6 is 0 Å². The molecule has 3 atom stereocenters. The fourth-order valence-electron chi connectivity index (χ4n) is 3.85. The molecular weight excluding hydrogens is 486 g/mol. The summed E-state index contributed by atoms with van der Waals surface area (Å²) in [6.45, 7) is 12.7. The number of hydrogen-bond acceptors (Lipinski definition) is 6. The molecule has 0 spiro atoms. The summed E-state index contributed by atoms with van der Waals surface area (Å²) in [7, 11) is 0. The molecule has 2 rings (SSSR count). The van der Waals surface area contributed by atoms with Crippen LogP contribution in [0.2, 0.25) is 0 Å². The lowest BCUT2D eigenvalue weighted by Gasteiger charge is -2.28. The first-order valence-electron chi connectivity index (χ1n) is 13.0. The van der Waals surface area contributed by atoms with E-state index in [4.69, 9.17) is 9.15 Å². The van der Waals surface area contributed by atoms with Crippen LogP contribution in [0.1, 0.15) is 71.0 Å². The summed E-state index contributed by atoms with van der Waals surface area (Å²) in [4.78, 5) is 52.3. The van der Waals surface area contributed by atoms with Crippen molar-refractivity contribution >= 4 is 23.7 Å². The molecule has 0 radical (unpaired) electrons. The van der Waals surface area contributed by atoms with Crippen LogP contribution in [-0.4, -0.2) is 47.4 Å². The second-order valence-corrected chi connectivity index (χ2v) is 11.2. The fourth-order valence-corrected chi connectivity index (χ4v) is 3.85. The number of ether oxygens (including phenoxy) is 1. The van der Waals surface area contributed by atoms with Gasteiger partial charge < -0.3 is 25.1 Å². The average molecular weight is 528 g/mol. The van der Waals surface area contributed by atoms with Crippen molar-refractivity contribution in [1.82, 2.24) is 16.0 Å². The monoisotopic (exact) mass is 527 g/mol. The van der Waals surface area contributed by atoms with Gasteiger partial charge in [0, 0.05) is 6.42 Å². The minimum absolute atomic E-state index is 0.125. The van der Waals surface area contributed by atoms with Crippen LogP contribution in [0.15, 0.2) is 53.1 Å². The third-order valence-electron chi connectivity index (χ3n) is 5.64. The van der Waals surface area contributed by atoms with Gasteiger partial charge in [0.1, 0.15) is 17.7 Å². The lowest BCUT2D eigenvalue weighted by Crippen LogP contribution is -2.58. The highest BCUT2D eigenvalue weighted by Gasteiger charge is 2.33. The van der Waals surface area contributed by atoms with Gasteiger partial charge in [0.25, 0.3) is 0 Å². The zero-order chi connectivity index (χ0) is 28.5. The van der Waals surface area contributed by atoms with E-state index >= 15 is 0 Å². The van der Waals surface area contributed by atoms with Gasteiger partial charge >= 0.3 is 6.09 Å². The Balaban J connectivity index is 2.21.